The van der Waals surface area contributed by atoms with Crippen molar-refractivity contribution in [1.82, 2.24) is 15.1 Å². The molecule has 0 saturated carbocycles. The predicted octanol–water partition coefficient (Wildman–Crippen LogP) is 1.94. The van der Waals surface area contributed by atoms with Crippen molar-refractivity contribution in [1.29, 1.82) is 0 Å². The number of anilines is 1. The monoisotopic (exact) mass is 254 g/mol. The Labute approximate surface area is 88.7 Å². The fraction of sp³-hybridized carbons (Fsp3) is 0.125. The van der Waals surface area contributed by atoms with E-state index in [1.54, 1.807) is 19.4 Å². The predicted molar refractivity (Wildman–Crippen MR) is 54.8 cm³/mol. The zero-order chi connectivity index (χ0) is 9.97. The molecule has 0 unspecified atom stereocenters. The minimum absolute atomic E-state index is 0.389. The molecule has 0 amide bonds. The molecule has 0 fully saturated rings. The second kappa shape index (κ2) is 3.75. The summed E-state index contributed by atoms with van der Waals surface area (Å²) in [7, 11) is 1.72. The van der Waals surface area contributed by atoms with E-state index in [1.165, 1.54) is 0 Å². The molecular formula is C8H7BrN4O. The first-order valence-corrected chi connectivity index (χ1v) is 4.71. The molecule has 1 N–H and O–H groups in total. The van der Waals surface area contributed by atoms with Crippen molar-refractivity contribution in [2.24, 2.45) is 0 Å². The minimum Gasteiger partial charge on any atom is -0.341 e. The van der Waals surface area contributed by atoms with Gasteiger partial charge in [0.15, 0.2) is 0 Å². The molecule has 2 aromatic rings. The van der Waals surface area contributed by atoms with Gasteiger partial charge in [0.1, 0.15) is 0 Å². The average Bonchev–Trinajstić information content (AvgIpc) is 2.66. The zero-order valence-electron chi connectivity index (χ0n) is 7.36. The fourth-order valence-electron chi connectivity index (χ4n) is 0.976. The largest absolute Gasteiger partial charge is 0.341 e. The maximum absolute atomic E-state index is 4.89. The lowest BCUT2D eigenvalue weighted by Crippen LogP contribution is -1.87. The smallest absolute Gasteiger partial charge is 0.321 e. The van der Waals surface area contributed by atoms with Gasteiger partial charge in [0.2, 0.25) is 5.82 Å². The van der Waals surface area contributed by atoms with Gasteiger partial charge in [-0.2, -0.15) is 4.98 Å². The molecule has 2 rings (SSSR count). The highest BCUT2D eigenvalue weighted by Crippen LogP contribution is 2.19. The molecule has 0 aromatic carbocycles. The van der Waals surface area contributed by atoms with Crippen molar-refractivity contribution in [2.75, 3.05) is 12.4 Å². The van der Waals surface area contributed by atoms with Crippen LogP contribution >= 0.6 is 15.9 Å². The molecule has 72 valence electrons. The van der Waals surface area contributed by atoms with Gasteiger partial charge in [-0.05, 0) is 22.0 Å². The summed E-state index contributed by atoms with van der Waals surface area (Å²) in [5.74, 6) is 0.517. The molecule has 0 aliphatic heterocycles. The van der Waals surface area contributed by atoms with Gasteiger partial charge < -0.3 is 9.84 Å². The summed E-state index contributed by atoms with van der Waals surface area (Å²) in [6, 6.07) is 2.26. The van der Waals surface area contributed by atoms with E-state index < -0.39 is 0 Å². The zero-order valence-corrected chi connectivity index (χ0v) is 8.95. The number of hydrogen-bond donors (Lipinski definition) is 1. The van der Waals surface area contributed by atoms with Crippen molar-refractivity contribution >= 4 is 21.9 Å². The van der Waals surface area contributed by atoms with Crippen LogP contribution in [0.3, 0.4) is 0 Å². The third kappa shape index (κ3) is 1.74. The first-order chi connectivity index (χ1) is 6.79. The van der Waals surface area contributed by atoms with Crippen molar-refractivity contribution in [3.8, 4) is 11.4 Å². The summed E-state index contributed by atoms with van der Waals surface area (Å²) in [6.45, 7) is 0. The summed E-state index contributed by atoms with van der Waals surface area (Å²) < 4.78 is 5.77. The quantitative estimate of drug-likeness (QED) is 0.888. The van der Waals surface area contributed by atoms with E-state index in [0.29, 0.717) is 11.8 Å². The van der Waals surface area contributed by atoms with Gasteiger partial charge in [-0.3, -0.25) is 4.98 Å². The lowest BCUT2D eigenvalue weighted by Gasteiger charge is -1.93. The first kappa shape index (κ1) is 9.14. The van der Waals surface area contributed by atoms with E-state index in [0.717, 1.165) is 10.0 Å². The van der Waals surface area contributed by atoms with Crippen LogP contribution < -0.4 is 5.32 Å². The summed E-state index contributed by atoms with van der Waals surface area (Å²) in [5, 5.41) is 6.55. The molecule has 0 radical (unpaired) electrons. The van der Waals surface area contributed by atoms with Crippen LogP contribution in [0, 0.1) is 0 Å². The third-order valence-electron chi connectivity index (χ3n) is 1.60. The summed E-state index contributed by atoms with van der Waals surface area (Å²) >= 11 is 3.32. The van der Waals surface area contributed by atoms with Gasteiger partial charge in [0.25, 0.3) is 0 Å². The number of halogens is 1. The van der Waals surface area contributed by atoms with Crippen LogP contribution in [0.2, 0.25) is 0 Å². The first-order valence-electron chi connectivity index (χ1n) is 3.92. The van der Waals surface area contributed by atoms with Crippen LogP contribution in [0.1, 0.15) is 0 Å². The van der Waals surface area contributed by atoms with Crippen molar-refractivity contribution in [3.05, 3.63) is 22.9 Å². The average molecular weight is 255 g/mol. The van der Waals surface area contributed by atoms with Crippen LogP contribution in [0.5, 0.6) is 0 Å². The van der Waals surface area contributed by atoms with Gasteiger partial charge in [-0.1, -0.05) is 5.16 Å². The molecule has 0 aliphatic rings. The van der Waals surface area contributed by atoms with Gasteiger partial charge in [0.05, 0.1) is 0 Å². The molecule has 2 aromatic heterocycles. The summed E-state index contributed by atoms with van der Waals surface area (Å²) in [5.41, 5.74) is 0.810. The van der Waals surface area contributed by atoms with Crippen LogP contribution in [0.25, 0.3) is 11.4 Å². The number of aromatic nitrogens is 3. The topological polar surface area (TPSA) is 63.8 Å². The van der Waals surface area contributed by atoms with Crippen LogP contribution in [0.15, 0.2) is 27.5 Å². The van der Waals surface area contributed by atoms with E-state index >= 15 is 0 Å². The molecule has 2 heterocycles. The SMILES string of the molecule is CNc1nc(-c2cncc(Br)c2)no1. The van der Waals surface area contributed by atoms with Crippen LogP contribution in [0.4, 0.5) is 6.01 Å². The van der Waals surface area contributed by atoms with E-state index in [4.69, 9.17) is 4.52 Å². The van der Waals surface area contributed by atoms with Gasteiger partial charge in [-0.15, -0.1) is 0 Å². The summed E-state index contributed by atoms with van der Waals surface area (Å²) in [6.07, 6.45) is 3.37. The summed E-state index contributed by atoms with van der Waals surface area (Å²) in [4.78, 5) is 8.10. The van der Waals surface area contributed by atoms with Crippen molar-refractivity contribution in [3.63, 3.8) is 0 Å². The van der Waals surface area contributed by atoms with Crippen LogP contribution in [-0.2, 0) is 0 Å². The number of nitrogens with one attached hydrogen (secondary N) is 1. The molecule has 14 heavy (non-hydrogen) atoms. The molecule has 5 nitrogen and oxygen atoms in total. The van der Waals surface area contributed by atoms with E-state index in [-0.39, 0.29) is 0 Å². The lowest BCUT2D eigenvalue weighted by molar-refractivity contribution is 0.434. The highest BCUT2D eigenvalue weighted by Gasteiger charge is 2.07. The Kier molecular flexibility index (Phi) is 2.45. The van der Waals surface area contributed by atoms with Gasteiger partial charge in [0, 0.05) is 29.5 Å². The second-order valence-electron chi connectivity index (χ2n) is 2.56. The second-order valence-corrected chi connectivity index (χ2v) is 3.48. The highest BCUT2D eigenvalue weighted by molar-refractivity contribution is 9.10. The number of pyridine rings is 1. The number of hydrogen-bond acceptors (Lipinski definition) is 5. The Morgan fingerprint density at radius 2 is 2.29 bits per heavy atom. The molecule has 0 spiro atoms. The highest BCUT2D eigenvalue weighted by atomic mass is 79.9. The van der Waals surface area contributed by atoms with E-state index in [2.05, 4.69) is 36.4 Å². The van der Waals surface area contributed by atoms with Gasteiger partial charge in [-0.25, -0.2) is 0 Å². The normalized spacial score (nSPS) is 10.1. The molecule has 0 bridgehead atoms. The minimum atomic E-state index is 0.389. The molecule has 6 heteroatoms. The third-order valence-corrected chi connectivity index (χ3v) is 2.04. The molecule has 0 aliphatic carbocycles. The van der Waals surface area contributed by atoms with E-state index in [1.807, 2.05) is 6.07 Å². The number of rotatable bonds is 2. The Morgan fingerprint density at radius 3 is 2.93 bits per heavy atom. The molecular weight excluding hydrogens is 248 g/mol. The Hall–Kier alpha value is -1.43. The Morgan fingerprint density at radius 1 is 1.43 bits per heavy atom. The van der Waals surface area contributed by atoms with Gasteiger partial charge >= 0.3 is 6.01 Å². The standard InChI is InChI=1S/C8H7BrN4O/c1-10-8-12-7(13-14-8)5-2-6(9)4-11-3-5/h2-4H,1H3,(H,10,12,13). The Balaban J connectivity index is 2.39. The van der Waals surface area contributed by atoms with E-state index in [9.17, 15) is 0 Å². The fourth-order valence-corrected chi connectivity index (χ4v) is 1.34. The maximum atomic E-state index is 4.89. The lowest BCUT2D eigenvalue weighted by atomic mass is 10.3. The van der Waals surface area contributed by atoms with Crippen LogP contribution in [-0.4, -0.2) is 22.2 Å². The number of nitrogens with zero attached hydrogens (tertiary/aromatic N) is 3. The Bertz CT molecular complexity index is 442. The van der Waals surface area contributed by atoms with Crippen molar-refractivity contribution < 1.29 is 4.52 Å². The van der Waals surface area contributed by atoms with Crippen molar-refractivity contribution in [2.45, 2.75) is 0 Å². The molecule has 0 saturated heterocycles. The maximum Gasteiger partial charge on any atom is 0.321 e. The molecule has 0 atom stereocenters.